The summed E-state index contributed by atoms with van der Waals surface area (Å²) in [4.78, 5) is 27.7. The monoisotopic (exact) mass is 432 g/mol. The van der Waals surface area contributed by atoms with Crippen molar-refractivity contribution in [1.82, 2.24) is 15.4 Å². The number of carbonyl (C=O) groups is 1. The number of amides is 1. The Morgan fingerprint density at radius 1 is 1.30 bits per heavy atom. The zero-order valence-corrected chi connectivity index (χ0v) is 19.2. The number of piperazine rings is 1. The van der Waals surface area contributed by atoms with Crippen molar-refractivity contribution in [3.8, 4) is 0 Å². The van der Waals surface area contributed by atoms with Gasteiger partial charge in [0.05, 0.1) is 5.02 Å². The lowest BCUT2D eigenvalue weighted by atomic mass is 9.68. The molecule has 7 heteroatoms. The molecule has 2 fully saturated rings. The minimum Gasteiger partial charge on any atom is -0.352 e. The van der Waals surface area contributed by atoms with E-state index in [1.807, 2.05) is 23.1 Å². The average Bonchev–Trinajstić information content (AvgIpc) is 3.11. The number of aromatic nitrogens is 1. The second-order valence-corrected chi connectivity index (χ2v) is 10.5. The third-order valence-corrected chi connectivity index (χ3v) is 7.28. The van der Waals surface area contributed by atoms with Gasteiger partial charge in [0.1, 0.15) is 17.1 Å². The maximum atomic E-state index is 13.2. The van der Waals surface area contributed by atoms with Crippen LogP contribution in [0, 0.1) is 11.3 Å². The normalized spacial score (nSPS) is 29.7. The van der Waals surface area contributed by atoms with Crippen LogP contribution in [0.4, 0.5) is 5.82 Å². The number of nitrogens with one attached hydrogen (secondary N) is 1. The number of nitrogens with zero attached hydrogens (tertiary/aromatic N) is 3. The smallest absolute Gasteiger partial charge is 0.272 e. The number of hydrogen-bond acceptors (Lipinski definition) is 5. The highest BCUT2D eigenvalue weighted by Gasteiger charge is 2.43. The predicted molar refractivity (Wildman–Crippen MR) is 119 cm³/mol. The molecule has 0 radical (unpaired) electrons. The highest BCUT2D eigenvalue weighted by atomic mass is 35.5. The first kappa shape index (κ1) is 21.4. The van der Waals surface area contributed by atoms with Crippen molar-refractivity contribution in [2.24, 2.45) is 11.3 Å². The summed E-state index contributed by atoms with van der Waals surface area (Å²) in [5.74, 6) is 1.50. The zero-order valence-electron chi connectivity index (χ0n) is 18.4. The fourth-order valence-corrected chi connectivity index (χ4v) is 5.26. The molecule has 164 valence electrons. The lowest BCUT2D eigenvalue weighted by molar-refractivity contribution is -0.132. The minimum absolute atomic E-state index is 0.0177. The maximum Gasteiger partial charge on any atom is 0.272 e. The van der Waals surface area contributed by atoms with Crippen LogP contribution in [0.1, 0.15) is 53.4 Å². The first-order chi connectivity index (χ1) is 14.2. The van der Waals surface area contributed by atoms with Gasteiger partial charge in [-0.1, -0.05) is 32.4 Å². The van der Waals surface area contributed by atoms with Gasteiger partial charge in [0.2, 0.25) is 0 Å². The molecule has 1 amide bonds. The average molecular weight is 433 g/mol. The van der Waals surface area contributed by atoms with Crippen LogP contribution in [0.25, 0.3) is 0 Å². The molecule has 1 saturated heterocycles. The van der Waals surface area contributed by atoms with Crippen molar-refractivity contribution in [1.29, 1.82) is 0 Å². The summed E-state index contributed by atoms with van der Waals surface area (Å²) >= 11 is 6.31. The van der Waals surface area contributed by atoms with Crippen molar-refractivity contribution in [3.05, 3.63) is 35.1 Å². The Morgan fingerprint density at radius 2 is 2.03 bits per heavy atom. The second-order valence-electron chi connectivity index (χ2n) is 10.1. The second kappa shape index (κ2) is 8.04. The van der Waals surface area contributed by atoms with E-state index in [9.17, 15) is 4.79 Å². The van der Waals surface area contributed by atoms with Crippen molar-refractivity contribution in [2.75, 3.05) is 24.5 Å². The van der Waals surface area contributed by atoms with E-state index in [4.69, 9.17) is 16.4 Å². The molecule has 1 aromatic rings. The molecule has 3 aliphatic rings. The third kappa shape index (κ3) is 4.17. The summed E-state index contributed by atoms with van der Waals surface area (Å²) in [7, 11) is 0. The van der Waals surface area contributed by atoms with Crippen LogP contribution in [-0.4, -0.2) is 47.1 Å². The molecular formula is C23H33ClN4O2. The molecule has 3 heterocycles. The van der Waals surface area contributed by atoms with E-state index in [2.05, 4.69) is 43.1 Å². The molecule has 0 aromatic carbocycles. The van der Waals surface area contributed by atoms with Crippen LogP contribution < -0.4 is 10.4 Å². The van der Waals surface area contributed by atoms with E-state index in [0.717, 1.165) is 31.5 Å². The molecule has 1 atom stereocenters. The molecule has 1 aromatic heterocycles. The van der Waals surface area contributed by atoms with E-state index in [-0.39, 0.29) is 17.6 Å². The molecule has 30 heavy (non-hydrogen) atoms. The number of hydrogen-bond donors (Lipinski definition) is 1. The summed E-state index contributed by atoms with van der Waals surface area (Å²) in [6.45, 7) is 11.1. The summed E-state index contributed by atoms with van der Waals surface area (Å²) in [5, 5.41) is 0.644. The SMILES string of the molecule is CC1CN(c2ncccc2Cl)CCN1C(=O)C1=CC2(CCC(C(C)(C)C)CC2)ON1. The highest BCUT2D eigenvalue weighted by Crippen LogP contribution is 2.44. The van der Waals surface area contributed by atoms with Crippen molar-refractivity contribution in [2.45, 2.75) is 65.0 Å². The van der Waals surface area contributed by atoms with Gasteiger partial charge in [-0.05, 0) is 62.1 Å². The number of rotatable bonds is 2. The standard InChI is InChI=1S/C23H33ClN4O2/c1-16-15-27(20-18(24)6-5-11-25-20)12-13-28(16)21(29)19-14-23(30-26-19)9-7-17(8-10-23)22(2,3)4/h5-6,11,14,16-17,26H,7-10,12-13,15H2,1-4H3. The zero-order chi connectivity index (χ0) is 21.5. The van der Waals surface area contributed by atoms with Gasteiger partial charge in [-0.25, -0.2) is 4.98 Å². The number of pyridine rings is 1. The largest absolute Gasteiger partial charge is 0.352 e. The Bertz CT molecular complexity index is 827. The molecule has 1 aliphatic carbocycles. The van der Waals surface area contributed by atoms with Crippen molar-refractivity contribution >= 4 is 23.3 Å². The first-order valence-electron chi connectivity index (χ1n) is 11.0. The number of halogens is 1. The van der Waals surface area contributed by atoms with Crippen molar-refractivity contribution < 1.29 is 9.63 Å². The van der Waals surface area contributed by atoms with Gasteiger partial charge in [-0.15, -0.1) is 0 Å². The molecule has 2 aliphatic heterocycles. The van der Waals surface area contributed by atoms with Crippen LogP contribution in [-0.2, 0) is 9.63 Å². The van der Waals surface area contributed by atoms with E-state index < -0.39 is 0 Å². The summed E-state index contributed by atoms with van der Waals surface area (Å²) in [6.07, 6.45) is 7.97. The van der Waals surface area contributed by atoms with Crippen LogP contribution in [0.15, 0.2) is 30.1 Å². The van der Waals surface area contributed by atoms with E-state index >= 15 is 0 Å². The van der Waals surface area contributed by atoms with E-state index in [1.54, 1.807) is 6.20 Å². The number of carbonyl (C=O) groups excluding carboxylic acids is 1. The van der Waals surface area contributed by atoms with Crippen LogP contribution in [0.5, 0.6) is 0 Å². The summed E-state index contributed by atoms with van der Waals surface area (Å²) in [6, 6.07) is 3.74. The fraction of sp³-hybridized carbons (Fsp3) is 0.652. The Hall–Kier alpha value is -1.79. The number of hydroxylamine groups is 1. The van der Waals surface area contributed by atoms with Crippen LogP contribution >= 0.6 is 11.6 Å². The molecule has 6 nitrogen and oxygen atoms in total. The predicted octanol–water partition coefficient (Wildman–Crippen LogP) is 4.17. The van der Waals surface area contributed by atoms with Gasteiger partial charge < -0.3 is 9.80 Å². The maximum absolute atomic E-state index is 13.2. The van der Waals surface area contributed by atoms with Gasteiger partial charge >= 0.3 is 0 Å². The van der Waals surface area contributed by atoms with E-state index in [1.165, 1.54) is 0 Å². The first-order valence-corrected chi connectivity index (χ1v) is 11.4. The lowest BCUT2D eigenvalue weighted by Gasteiger charge is -2.40. The van der Waals surface area contributed by atoms with Gasteiger partial charge in [-0.2, -0.15) is 0 Å². The Morgan fingerprint density at radius 3 is 2.67 bits per heavy atom. The molecule has 1 saturated carbocycles. The molecule has 4 rings (SSSR count). The van der Waals surface area contributed by atoms with Gasteiger partial charge in [0, 0.05) is 31.9 Å². The summed E-state index contributed by atoms with van der Waals surface area (Å²) < 4.78 is 0. The van der Waals surface area contributed by atoms with Crippen LogP contribution in [0.2, 0.25) is 5.02 Å². The van der Waals surface area contributed by atoms with Gasteiger partial charge in [-0.3, -0.25) is 15.1 Å². The summed E-state index contributed by atoms with van der Waals surface area (Å²) in [5.41, 5.74) is 3.53. The van der Waals surface area contributed by atoms with Crippen molar-refractivity contribution in [3.63, 3.8) is 0 Å². The topological polar surface area (TPSA) is 57.7 Å². The van der Waals surface area contributed by atoms with Crippen LogP contribution in [0.3, 0.4) is 0 Å². The third-order valence-electron chi connectivity index (χ3n) is 6.99. The van der Waals surface area contributed by atoms with Gasteiger partial charge in [0.25, 0.3) is 5.91 Å². The van der Waals surface area contributed by atoms with E-state index in [0.29, 0.717) is 41.7 Å². The molecule has 1 N–H and O–H groups in total. The minimum atomic E-state index is -0.334. The molecular weight excluding hydrogens is 400 g/mol. The lowest BCUT2D eigenvalue weighted by Crippen LogP contribution is -2.55. The quantitative estimate of drug-likeness (QED) is 0.760. The fourth-order valence-electron chi connectivity index (χ4n) is 5.02. The molecule has 0 bridgehead atoms. The Kier molecular flexibility index (Phi) is 5.75. The Balaban J connectivity index is 1.40. The van der Waals surface area contributed by atoms with Gasteiger partial charge in [0.15, 0.2) is 0 Å². The highest BCUT2D eigenvalue weighted by molar-refractivity contribution is 6.32. The Labute approximate surface area is 184 Å². The molecule has 1 spiro atoms. The molecule has 1 unspecified atom stereocenters. The number of anilines is 1.